The zero-order valence-corrected chi connectivity index (χ0v) is 17.4. The van der Waals surface area contributed by atoms with Crippen molar-refractivity contribution < 1.29 is 14.5 Å². The quantitative estimate of drug-likeness (QED) is 0.233. The molecule has 0 radical (unpaired) electrons. The number of nitro groups is 1. The third kappa shape index (κ3) is 6.26. The molecule has 9 heteroatoms. The van der Waals surface area contributed by atoms with Gasteiger partial charge in [-0.15, -0.1) is 0 Å². The largest absolute Gasteiger partial charge is 0.494 e. The van der Waals surface area contributed by atoms with Crippen molar-refractivity contribution in [3.8, 4) is 5.75 Å². The molecule has 2 unspecified atom stereocenters. The summed E-state index contributed by atoms with van der Waals surface area (Å²) in [5, 5.41) is 15.3. The molecule has 9 nitrogen and oxygen atoms in total. The van der Waals surface area contributed by atoms with Gasteiger partial charge in [0.25, 0.3) is 5.69 Å². The molecule has 1 saturated heterocycles. The fourth-order valence-corrected chi connectivity index (χ4v) is 3.34. The van der Waals surface area contributed by atoms with E-state index in [-0.39, 0.29) is 30.1 Å². The number of hydrogen-bond donors (Lipinski definition) is 3. The van der Waals surface area contributed by atoms with E-state index in [2.05, 4.69) is 28.3 Å². The van der Waals surface area contributed by atoms with Crippen molar-refractivity contribution in [3.63, 3.8) is 0 Å². The van der Waals surface area contributed by atoms with Crippen LogP contribution in [0.25, 0.3) is 0 Å². The van der Waals surface area contributed by atoms with Gasteiger partial charge in [-0.05, 0) is 30.2 Å². The van der Waals surface area contributed by atoms with Crippen molar-refractivity contribution in [1.29, 1.82) is 0 Å². The number of para-hydroxylation sites is 1. The molecule has 3 N–H and O–H groups in total. The molecule has 164 valence electrons. The average molecular weight is 425 g/mol. The van der Waals surface area contributed by atoms with E-state index in [1.165, 1.54) is 12.3 Å². The molecule has 1 fully saturated rings. The molecule has 1 aliphatic heterocycles. The van der Waals surface area contributed by atoms with Gasteiger partial charge in [0.1, 0.15) is 5.75 Å². The summed E-state index contributed by atoms with van der Waals surface area (Å²) in [7, 11) is 0. The Morgan fingerprint density at radius 3 is 2.74 bits per heavy atom. The number of hydrazine groups is 1. The van der Waals surface area contributed by atoms with Crippen LogP contribution in [-0.2, 0) is 4.79 Å². The lowest BCUT2D eigenvalue weighted by atomic mass is 9.96. The summed E-state index contributed by atoms with van der Waals surface area (Å²) in [5.41, 5.74) is 9.94. The van der Waals surface area contributed by atoms with Crippen LogP contribution in [0.4, 0.5) is 5.69 Å². The molecule has 0 aliphatic carbocycles. The van der Waals surface area contributed by atoms with Crippen molar-refractivity contribution in [2.45, 2.75) is 44.7 Å². The predicted octanol–water partition coefficient (Wildman–Crippen LogP) is 3.22. The molecule has 0 aromatic heterocycles. The lowest BCUT2D eigenvalue weighted by Crippen LogP contribution is -2.55. The maximum absolute atomic E-state index is 11.9. The molecule has 31 heavy (non-hydrogen) atoms. The highest BCUT2D eigenvalue weighted by atomic mass is 16.6. The molecule has 0 saturated carbocycles. The van der Waals surface area contributed by atoms with Crippen molar-refractivity contribution in [3.05, 3.63) is 69.8 Å². The SMILES string of the molecule is CCCCCOc1ccc(C2NNC(=O)CC2N/N=C/c2ccccc2[N+](=O)[O-])cc1. The number of nitrogens with one attached hydrogen (secondary N) is 3. The second kappa shape index (κ2) is 11.1. The Balaban J connectivity index is 1.66. The molecule has 1 aliphatic rings. The first kappa shape index (κ1) is 22.2. The van der Waals surface area contributed by atoms with Crippen LogP contribution in [0.15, 0.2) is 53.6 Å². The molecule has 2 aromatic rings. The molecular weight excluding hydrogens is 398 g/mol. The Morgan fingerprint density at radius 1 is 1.23 bits per heavy atom. The summed E-state index contributed by atoms with van der Waals surface area (Å²) in [6, 6.07) is 13.5. The van der Waals surface area contributed by atoms with Crippen LogP contribution in [0.5, 0.6) is 5.75 Å². The van der Waals surface area contributed by atoms with Gasteiger partial charge in [-0.25, -0.2) is 5.43 Å². The lowest BCUT2D eigenvalue weighted by molar-refractivity contribution is -0.385. The number of unbranched alkanes of at least 4 members (excludes halogenated alkanes) is 2. The Morgan fingerprint density at radius 2 is 2.00 bits per heavy atom. The van der Waals surface area contributed by atoms with E-state index in [1.54, 1.807) is 18.2 Å². The summed E-state index contributed by atoms with van der Waals surface area (Å²) in [5.74, 6) is 0.643. The van der Waals surface area contributed by atoms with Gasteiger partial charge in [0, 0.05) is 6.07 Å². The number of benzene rings is 2. The number of ether oxygens (including phenoxy) is 1. The number of hydrazone groups is 1. The van der Waals surface area contributed by atoms with Crippen molar-refractivity contribution >= 4 is 17.8 Å². The van der Waals surface area contributed by atoms with E-state index < -0.39 is 4.92 Å². The minimum Gasteiger partial charge on any atom is -0.494 e. The zero-order valence-electron chi connectivity index (χ0n) is 17.4. The van der Waals surface area contributed by atoms with Gasteiger partial charge in [0.05, 0.1) is 41.8 Å². The number of nitro benzene ring substituents is 1. The fourth-order valence-electron chi connectivity index (χ4n) is 3.34. The maximum Gasteiger partial charge on any atom is 0.278 e. The predicted molar refractivity (Wildman–Crippen MR) is 118 cm³/mol. The molecule has 2 atom stereocenters. The van der Waals surface area contributed by atoms with Crippen molar-refractivity contribution in [2.24, 2.45) is 5.10 Å². The summed E-state index contributed by atoms with van der Waals surface area (Å²) < 4.78 is 5.75. The number of hydrogen-bond acceptors (Lipinski definition) is 7. The molecular formula is C22H27N5O4. The minimum absolute atomic E-state index is 0.0290. The van der Waals surface area contributed by atoms with Gasteiger partial charge in [-0.1, -0.05) is 44.0 Å². The minimum atomic E-state index is -0.453. The topological polar surface area (TPSA) is 118 Å². The highest BCUT2D eigenvalue weighted by molar-refractivity contribution is 5.85. The average Bonchev–Trinajstić information content (AvgIpc) is 2.78. The number of carbonyl (C=O) groups excluding carboxylic acids is 1. The first-order chi connectivity index (χ1) is 15.1. The van der Waals surface area contributed by atoms with Gasteiger partial charge in [0.15, 0.2) is 0 Å². The smallest absolute Gasteiger partial charge is 0.278 e. The number of nitrogens with zero attached hydrogens (tertiary/aromatic N) is 2. The van der Waals surface area contributed by atoms with Crippen LogP contribution in [-0.4, -0.2) is 29.7 Å². The monoisotopic (exact) mass is 425 g/mol. The van der Waals surface area contributed by atoms with E-state index >= 15 is 0 Å². The zero-order chi connectivity index (χ0) is 22.1. The molecule has 1 amide bonds. The van der Waals surface area contributed by atoms with Crippen molar-refractivity contribution in [2.75, 3.05) is 6.61 Å². The normalized spacial score (nSPS) is 18.5. The molecule has 2 aromatic carbocycles. The van der Waals surface area contributed by atoms with Crippen LogP contribution in [0.1, 0.15) is 49.8 Å². The highest BCUT2D eigenvalue weighted by Crippen LogP contribution is 2.24. The molecule has 0 bridgehead atoms. The second-order valence-electron chi connectivity index (χ2n) is 7.31. The van der Waals surface area contributed by atoms with E-state index in [9.17, 15) is 14.9 Å². The first-order valence-corrected chi connectivity index (χ1v) is 10.4. The second-order valence-corrected chi connectivity index (χ2v) is 7.31. The lowest BCUT2D eigenvalue weighted by Gasteiger charge is -2.32. The summed E-state index contributed by atoms with van der Waals surface area (Å²) in [6.45, 7) is 2.84. The third-order valence-electron chi connectivity index (χ3n) is 5.01. The first-order valence-electron chi connectivity index (χ1n) is 10.4. The number of rotatable bonds is 10. The maximum atomic E-state index is 11.9. The fraction of sp³-hybridized carbons (Fsp3) is 0.364. The Kier molecular flexibility index (Phi) is 7.94. The van der Waals surface area contributed by atoms with E-state index in [0.717, 1.165) is 30.6 Å². The van der Waals surface area contributed by atoms with E-state index in [4.69, 9.17) is 4.74 Å². The van der Waals surface area contributed by atoms with E-state index in [0.29, 0.717) is 12.2 Å². The number of amides is 1. The molecule has 1 heterocycles. The van der Waals surface area contributed by atoms with Crippen molar-refractivity contribution in [1.82, 2.24) is 16.3 Å². The highest BCUT2D eigenvalue weighted by Gasteiger charge is 2.30. The number of carbonyl (C=O) groups is 1. The Hall–Kier alpha value is -3.46. The summed E-state index contributed by atoms with van der Waals surface area (Å²) in [6.07, 6.45) is 4.92. The van der Waals surface area contributed by atoms with Gasteiger partial charge >= 0.3 is 0 Å². The molecule has 3 rings (SSSR count). The Labute approximate surface area is 181 Å². The third-order valence-corrected chi connectivity index (χ3v) is 5.01. The Bertz CT molecular complexity index is 916. The van der Waals surface area contributed by atoms with Gasteiger partial charge in [-0.3, -0.25) is 20.3 Å². The van der Waals surface area contributed by atoms with Crippen LogP contribution < -0.4 is 21.0 Å². The van der Waals surface area contributed by atoms with Gasteiger partial charge < -0.3 is 10.2 Å². The van der Waals surface area contributed by atoms with Crippen LogP contribution in [0.2, 0.25) is 0 Å². The van der Waals surface area contributed by atoms with E-state index in [1.807, 2.05) is 24.3 Å². The van der Waals surface area contributed by atoms with Gasteiger partial charge in [0.2, 0.25) is 5.91 Å². The standard InChI is InChI=1S/C22H27N5O4/c1-2-3-6-13-31-18-11-9-16(10-12-18)22-19(14-21(28)25-26-22)24-23-15-17-7-4-5-8-20(17)27(29)30/h4-5,7-12,15,19,22,24,26H,2-3,6,13-14H2,1H3,(H,25,28)/b23-15+. The molecule has 0 spiro atoms. The van der Waals surface area contributed by atoms with Crippen LogP contribution in [0, 0.1) is 10.1 Å². The summed E-state index contributed by atoms with van der Waals surface area (Å²) >= 11 is 0. The van der Waals surface area contributed by atoms with Gasteiger partial charge in [-0.2, -0.15) is 5.10 Å². The van der Waals surface area contributed by atoms with Crippen LogP contribution >= 0.6 is 0 Å². The van der Waals surface area contributed by atoms with Crippen LogP contribution in [0.3, 0.4) is 0 Å². The summed E-state index contributed by atoms with van der Waals surface area (Å²) in [4.78, 5) is 22.6.